The van der Waals surface area contributed by atoms with Gasteiger partial charge in [0.05, 0.1) is 11.8 Å². The molecule has 98 valence electrons. The van der Waals surface area contributed by atoms with E-state index in [4.69, 9.17) is 10.2 Å². The molecule has 2 unspecified atom stereocenters. The molecular formula is C12H20O5. The lowest BCUT2D eigenvalue weighted by Crippen LogP contribution is -2.39. The summed E-state index contributed by atoms with van der Waals surface area (Å²) in [5, 5.41) is 17.9. The summed E-state index contributed by atoms with van der Waals surface area (Å²) < 4.78 is 0. The molecule has 0 aromatic heterocycles. The Kier molecular flexibility index (Phi) is 4.86. The maximum Gasteiger partial charge on any atom is 0.309 e. The second-order valence-electron chi connectivity index (χ2n) is 5.08. The predicted molar refractivity (Wildman–Crippen MR) is 61.7 cm³/mol. The van der Waals surface area contributed by atoms with Gasteiger partial charge in [-0.15, -0.1) is 0 Å². The normalized spacial score (nSPS) is 17.9. The van der Waals surface area contributed by atoms with Gasteiger partial charge in [0, 0.05) is 5.41 Å². The Morgan fingerprint density at radius 2 is 1.53 bits per heavy atom. The van der Waals surface area contributed by atoms with Gasteiger partial charge in [0.1, 0.15) is 5.78 Å². The van der Waals surface area contributed by atoms with Crippen molar-refractivity contribution in [3.63, 3.8) is 0 Å². The van der Waals surface area contributed by atoms with E-state index in [0.29, 0.717) is 6.42 Å². The van der Waals surface area contributed by atoms with Crippen molar-refractivity contribution in [1.82, 2.24) is 0 Å². The van der Waals surface area contributed by atoms with Gasteiger partial charge in [-0.05, 0) is 26.7 Å². The molecule has 0 bridgehead atoms. The molecule has 5 nitrogen and oxygen atoms in total. The number of hydrogen-bond acceptors (Lipinski definition) is 3. The zero-order valence-electron chi connectivity index (χ0n) is 10.7. The average Bonchev–Trinajstić information content (AvgIpc) is 2.15. The maximum atomic E-state index is 11.5. The molecule has 0 aliphatic heterocycles. The van der Waals surface area contributed by atoms with E-state index in [0.717, 1.165) is 0 Å². The molecule has 0 fully saturated rings. The third-order valence-corrected chi connectivity index (χ3v) is 3.47. The first-order valence-electron chi connectivity index (χ1n) is 5.53. The van der Waals surface area contributed by atoms with E-state index in [-0.39, 0.29) is 12.2 Å². The standard InChI is InChI=1S/C12H20O5/c1-5-11(3,8(2)13)7-12(4,10(16)17)6-9(14)15/h5-7H2,1-4H3,(H,14,15)(H,16,17). The molecule has 0 heterocycles. The molecule has 0 saturated carbocycles. The molecule has 0 aliphatic carbocycles. The summed E-state index contributed by atoms with van der Waals surface area (Å²) in [7, 11) is 0. The van der Waals surface area contributed by atoms with Crippen LogP contribution in [0.15, 0.2) is 0 Å². The highest BCUT2D eigenvalue weighted by atomic mass is 16.4. The van der Waals surface area contributed by atoms with E-state index in [1.807, 2.05) is 0 Å². The number of aliphatic carboxylic acids is 2. The summed E-state index contributed by atoms with van der Waals surface area (Å²) in [5.74, 6) is -2.46. The minimum atomic E-state index is -1.41. The number of rotatable bonds is 7. The molecule has 2 N–H and O–H groups in total. The van der Waals surface area contributed by atoms with Crippen LogP contribution in [0, 0.1) is 10.8 Å². The van der Waals surface area contributed by atoms with Gasteiger partial charge in [0.2, 0.25) is 0 Å². The topological polar surface area (TPSA) is 91.7 Å². The van der Waals surface area contributed by atoms with E-state index in [1.165, 1.54) is 13.8 Å². The van der Waals surface area contributed by atoms with Crippen molar-refractivity contribution in [3.05, 3.63) is 0 Å². The van der Waals surface area contributed by atoms with Gasteiger partial charge in [0.15, 0.2) is 0 Å². The van der Waals surface area contributed by atoms with Gasteiger partial charge in [-0.1, -0.05) is 13.8 Å². The number of carboxylic acids is 2. The van der Waals surface area contributed by atoms with Crippen molar-refractivity contribution in [2.24, 2.45) is 10.8 Å². The zero-order chi connectivity index (χ0) is 13.9. The van der Waals surface area contributed by atoms with Crippen molar-refractivity contribution in [2.75, 3.05) is 0 Å². The molecule has 2 atom stereocenters. The van der Waals surface area contributed by atoms with Crippen molar-refractivity contribution < 1.29 is 24.6 Å². The Balaban J connectivity index is 5.18. The van der Waals surface area contributed by atoms with Crippen molar-refractivity contribution >= 4 is 17.7 Å². The van der Waals surface area contributed by atoms with E-state index >= 15 is 0 Å². The van der Waals surface area contributed by atoms with Crippen LogP contribution in [0.4, 0.5) is 0 Å². The van der Waals surface area contributed by atoms with Crippen LogP contribution in [0.3, 0.4) is 0 Å². The van der Waals surface area contributed by atoms with Gasteiger partial charge in [-0.2, -0.15) is 0 Å². The largest absolute Gasteiger partial charge is 0.481 e. The van der Waals surface area contributed by atoms with Gasteiger partial charge >= 0.3 is 11.9 Å². The van der Waals surface area contributed by atoms with E-state index < -0.39 is 29.2 Å². The lowest BCUT2D eigenvalue weighted by Gasteiger charge is -2.34. The van der Waals surface area contributed by atoms with Crippen molar-refractivity contribution in [2.45, 2.75) is 47.0 Å². The summed E-state index contributed by atoms with van der Waals surface area (Å²) in [6, 6.07) is 0. The highest BCUT2D eigenvalue weighted by Crippen LogP contribution is 2.39. The Labute approximate surface area is 101 Å². The van der Waals surface area contributed by atoms with Gasteiger partial charge in [-0.3, -0.25) is 14.4 Å². The zero-order valence-corrected chi connectivity index (χ0v) is 10.7. The lowest BCUT2D eigenvalue weighted by atomic mass is 9.68. The molecule has 0 amide bonds. The van der Waals surface area contributed by atoms with Crippen LogP contribution in [0.1, 0.15) is 47.0 Å². The minimum absolute atomic E-state index is 0.0352. The molecule has 0 aliphatic rings. The van der Waals surface area contributed by atoms with E-state index in [9.17, 15) is 14.4 Å². The fourth-order valence-corrected chi connectivity index (χ4v) is 1.91. The average molecular weight is 244 g/mol. The fourth-order valence-electron chi connectivity index (χ4n) is 1.91. The molecule has 0 radical (unpaired) electrons. The molecule has 0 aromatic carbocycles. The molecule has 0 spiro atoms. The number of carbonyl (C=O) groups excluding carboxylic acids is 1. The first kappa shape index (κ1) is 15.6. The minimum Gasteiger partial charge on any atom is -0.481 e. The van der Waals surface area contributed by atoms with Gasteiger partial charge in [0.25, 0.3) is 0 Å². The van der Waals surface area contributed by atoms with Crippen LogP contribution in [0.25, 0.3) is 0 Å². The highest BCUT2D eigenvalue weighted by Gasteiger charge is 2.43. The first-order valence-corrected chi connectivity index (χ1v) is 5.53. The fraction of sp³-hybridized carbons (Fsp3) is 0.750. The quantitative estimate of drug-likeness (QED) is 0.714. The SMILES string of the molecule is CCC(C)(CC(C)(CC(=O)O)C(=O)O)C(C)=O. The number of hydrogen-bond donors (Lipinski definition) is 2. The van der Waals surface area contributed by atoms with Crippen LogP contribution in [-0.2, 0) is 14.4 Å². The van der Waals surface area contributed by atoms with Crippen LogP contribution in [0.5, 0.6) is 0 Å². The number of carboxylic acid groups (broad SMARTS) is 2. The van der Waals surface area contributed by atoms with Crippen LogP contribution in [-0.4, -0.2) is 27.9 Å². The monoisotopic (exact) mass is 244 g/mol. The van der Waals surface area contributed by atoms with Crippen LogP contribution < -0.4 is 0 Å². The Bertz CT molecular complexity index is 336. The summed E-state index contributed by atoms with van der Waals surface area (Å²) in [5.41, 5.74) is -2.20. The Morgan fingerprint density at radius 1 is 1.06 bits per heavy atom. The first-order chi connectivity index (χ1) is 7.57. The smallest absolute Gasteiger partial charge is 0.309 e. The van der Waals surface area contributed by atoms with E-state index in [1.54, 1.807) is 13.8 Å². The summed E-state index contributed by atoms with van der Waals surface area (Å²) >= 11 is 0. The maximum absolute atomic E-state index is 11.5. The molecule has 17 heavy (non-hydrogen) atoms. The molecular weight excluding hydrogens is 224 g/mol. The van der Waals surface area contributed by atoms with Crippen molar-refractivity contribution in [3.8, 4) is 0 Å². The van der Waals surface area contributed by atoms with Crippen LogP contribution in [0.2, 0.25) is 0 Å². The summed E-state index contributed by atoms with van der Waals surface area (Å²) in [6.07, 6.45) is 0.0451. The second kappa shape index (κ2) is 5.29. The number of ketones is 1. The third kappa shape index (κ3) is 3.84. The number of Topliss-reactive ketones (excluding diaryl/α,β-unsaturated/α-hetero) is 1. The lowest BCUT2D eigenvalue weighted by molar-refractivity contribution is -0.157. The summed E-state index contributed by atoms with van der Waals surface area (Å²) in [6.45, 7) is 6.26. The third-order valence-electron chi connectivity index (χ3n) is 3.47. The van der Waals surface area contributed by atoms with Crippen molar-refractivity contribution in [1.29, 1.82) is 0 Å². The van der Waals surface area contributed by atoms with Crippen LogP contribution >= 0.6 is 0 Å². The highest BCUT2D eigenvalue weighted by molar-refractivity contribution is 5.85. The molecule has 0 rings (SSSR count). The van der Waals surface area contributed by atoms with Gasteiger partial charge in [-0.25, -0.2) is 0 Å². The predicted octanol–water partition coefficient (Wildman–Crippen LogP) is 1.95. The number of carbonyl (C=O) groups is 3. The Hall–Kier alpha value is -1.39. The molecule has 0 aromatic rings. The second-order valence-corrected chi connectivity index (χ2v) is 5.08. The Morgan fingerprint density at radius 3 is 1.76 bits per heavy atom. The van der Waals surface area contributed by atoms with Gasteiger partial charge < -0.3 is 10.2 Å². The van der Waals surface area contributed by atoms with E-state index in [2.05, 4.69) is 0 Å². The summed E-state index contributed by atoms with van der Waals surface area (Å²) in [4.78, 5) is 33.5. The molecule has 0 saturated heterocycles. The molecule has 5 heteroatoms.